The average Bonchev–Trinajstić information content (AvgIpc) is 2.44. The number of nitrogens with two attached hydrogens (primary N) is 1. The molecule has 1 aromatic carbocycles. The standard InChI is InChI=1S/C11H14F2N4O3/c1-15-10(18)7-2-3-8(9(4-7)17(19)20)16-6-11(12,13)5-14/h2-4,16H,5-6,14H2,1H3,(H,15,18). The molecular weight excluding hydrogens is 274 g/mol. The Hall–Kier alpha value is -2.29. The lowest BCUT2D eigenvalue weighted by molar-refractivity contribution is -0.384. The van der Waals surface area contributed by atoms with E-state index in [-0.39, 0.29) is 11.3 Å². The van der Waals surface area contributed by atoms with Crippen LogP contribution in [0.4, 0.5) is 20.2 Å². The number of benzene rings is 1. The summed E-state index contributed by atoms with van der Waals surface area (Å²) >= 11 is 0. The number of nitrogens with one attached hydrogen (secondary N) is 2. The summed E-state index contributed by atoms with van der Waals surface area (Å²) in [6.07, 6.45) is 0. The highest BCUT2D eigenvalue weighted by molar-refractivity contribution is 5.95. The van der Waals surface area contributed by atoms with Gasteiger partial charge in [0.15, 0.2) is 0 Å². The molecule has 0 spiro atoms. The first-order valence-corrected chi connectivity index (χ1v) is 5.63. The molecule has 0 atom stereocenters. The summed E-state index contributed by atoms with van der Waals surface area (Å²) in [5.41, 5.74) is 4.38. The number of carbonyl (C=O) groups excluding carboxylic acids is 1. The van der Waals surface area contributed by atoms with Crippen LogP contribution < -0.4 is 16.4 Å². The number of hydrogen-bond donors (Lipinski definition) is 3. The molecule has 0 saturated heterocycles. The van der Waals surface area contributed by atoms with Gasteiger partial charge in [-0.05, 0) is 12.1 Å². The van der Waals surface area contributed by atoms with Crippen LogP contribution in [-0.4, -0.2) is 36.9 Å². The van der Waals surface area contributed by atoms with Crippen LogP contribution in [-0.2, 0) is 0 Å². The maximum Gasteiger partial charge on any atom is 0.293 e. The second-order valence-electron chi connectivity index (χ2n) is 3.98. The molecule has 20 heavy (non-hydrogen) atoms. The number of amides is 1. The van der Waals surface area contributed by atoms with E-state index in [9.17, 15) is 23.7 Å². The number of hydrogen-bond acceptors (Lipinski definition) is 5. The molecule has 0 aliphatic heterocycles. The second-order valence-corrected chi connectivity index (χ2v) is 3.98. The van der Waals surface area contributed by atoms with Gasteiger partial charge >= 0.3 is 0 Å². The van der Waals surface area contributed by atoms with E-state index in [4.69, 9.17) is 5.73 Å². The topological polar surface area (TPSA) is 110 Å². The molecule has 0 bridgehead atoms. The summed E-state index contributed by atoms with van der Waals surface area (Å²) in [7, 11) is 1.38. The lowest BCUT2D eigenvalue weighted by atomic mass is 10.1. The molecule has 4 N–H and O–H groups in total. The van der Waals surface area contributed by atoms with Crippen molar-refractivity contribution < 1.29 is 18.5 Å². The maximum atomic E-state index is 13.0. The van der Waals surface area contributed by atoms with E-state index in [1.807, 2.05) is 0 Å². The first kappa shape index (κ1) is 15.8. The molecule has 1 rings (SSSR count). The lowest BCUT2D eigenvalue weighted by Gasteiger charge is -2.15. The molecule has 110 valence electrons. The van der Waals surface area contributed by atoms with Gasteiger partial charge in [0, 0.05) is 18.7 Å². The van der Waals surface area contributed by atoms with Crippen LogP contribution in [0.25, 0.3) is 0 Å². The van der Waals surface area contributed by atoms with Crippen LogP contribution in [0.2, 0.25) is 0 Å². The van der Waals surface area contributed by atoms with Gasteiger partial charge in [-0.2, -0.15) is 0 Å². The third kappa shape index (κ3) is 3.85. The Morgan fingerprint density at radius 2 is 2.15 bits per heavy atom. The number of halogens is 2. The quantitative estimate of drug-likeness (QED) is 0.533. The molecule has 0 aliphatic carbocycles. The molecule has 0 unspecified atom stereocenters. The van der Waals surface area contributed by atoms with E-state index in [0.29, 0.717) is 0 Å². The number of nitrogens with zero attached hydrogens (tertiary/aromatic N) is 1. The molecule has 0 radical (unpaired) electrons. The minimum Gasteiger partial charge on any atom is -0.373 e. The van der Waals surface area contributed by atoms with Gasteiger partial charge in [0.25, 0.3) is 17.5 Å². The predicted molar refractivity (Wildman–Crippen MR) is 69.0 cm³/mol. The fourth-order valence-corrected chi connectivity index (χ4v) is 1.41. The van der Waals surface area contributed by atoms with E-state index in [0.717, 1.165) is 6.07 Å². The number of rotatable bonds is 6. The van der Waals surface area contributed by atoms with Crippen molar-refractivity contribution in [1.29, 1.82) is 0 Å². The highest BCUT2D eigenvalue weighted by atomic mass is 19.3. The SMILES string of the molecule is CNC(=O)c1ccc(NCC(F)(F)CN)c([N+](=O)[O-])c1. The normalized spacial score (nSPS) is 11.0. The van der Waals surface area contributed by atoms with Crippen LogP contribution in [0, 0.1) is 10.1 Å². The van der Waals surface area contributed by atoms with Gasteiger partial charge in [-0.3, -0.25) is 14.9 Å². The Morgan fingerprint density at radius 3 is 2.65 bits per heavy atom. The third-order valence-corrected chi connectivity index (χ3v) is 2.52. The summed E-state index contributed by atoms with van der Waals surface area (Å²) in [6.45, 7) is -1.70. The van der Waals surface area contributed by atoms with Crippen molar-refractivity contribution >= 4 is 17.3 Å². The molecule has 9 heteroatoms. The van der Waals surface area contributed by atoms with Crippen LogP contribution in [0.1, 0.15) is 10.4 Å². The van der Waals surface area contributed by atoms with E-state index in [1.165, 1.54) is 19.2 Å². The van der Waals surface area contributed by atoms with Gasteiger partial charge in [-0.1, -0.05) is 0 Å². The van der Waals surface area contributed by atoms with Crippen molar-refractivity contribution in [3.8, 4) is 0 Å². The Kier molecular flexibility index (Phi) is 4.92. The molecular formula is C11H14F2N4O3. The first-order valence-electron chi connectivity index (χ1n) is 5.63. The van der Waals surface area contributed by atoms with Crippen molar-refractivity contribution in [3.63, 3.8) is 0 Å². The summed E-state index contributed by atoms with van der Waals surface area (Å²) in [5.74, 6) is -3.68. The van der Waals surface area contributed by atoms with Crippen molar-refractivity contribution in [2.24, 2.45) is 5.73 Å². The van der Waals surface area contributed by atoms with Crippen LogP contribution in [0.5, 0.6) is 0 Å². The van der Waals surface area contributed by atoms with E-state index < -0.39 is 35.5 Å². The molecule has 7 nitrogen and oxygen atoms in total. The zero-order chi connectivity index (χ0) is 15.3. The third-order valence-electron chi connectivity index (χ3n) is 2.52. The molecule has 1 aromatic rings. The zero-order valence-corrected chi connectivity index (χ0v) is 10.7. The number of carbonyl (C=O) groups is 1. The average molecular weight is 288 g/mol. The van der Waals surface area contributed by atoms with Crippen LogP contribution >= 0.6 is 0 Å². The minimum absolute atomic E-state index is 0.0651. The Labute approximate surface area is 113 Å². The highest BCUT2D eigenvalue weighted by Gasteiger charge is 2.27. The van der Waals surface area contributed by atoms with Crippen molar-refractivity contribution in [1.82, 2.24) is 5.32 Å². The van der Waals surface area contributed by atoms with Crippen LogP contribution in [0.3, 0.4) is 0 Å². The molecule has 1 amide bonds. The summed E-state index contributed by atoms with van der Waals surface area (Å²) < 4.78 is 26.0. The Bertz CT molecular complexity index is 522. The Balaban J connectivity index is 3.02. The van der Waals surface area contributed by atoms with E-state index >= 15 is 0 Å². The molecule has 0 fully saturated rings. The number of nitro benzene ring substituents is 1. The van der Waals surface area contributed by atoms with Crippen molar-refractivity contribution in [2.45, 2.75) is 5.92 Å². The fraction of sp³-hybridized carbons (Fsp3) is 0.364. The highest BCUT2D eigenvalue weighted by Crippen LogP contribution is 2.26. The summed E-state index contributed by atoms with van der Waals surface area (Å²) in [4.78, 5) is 21.5. The predicted octanol–water partition coefficient (Wildman–Crippen LogP) is 0.960. The number of anilines is 1. The molecule has 0 aromatic heterocycles. The van der Waals surface area contributed by atoms with E-state index in [1.54, 1.807) is 0 Å². The first-order chi connectivity index (χ1) is 9.30. The minimum atomic E-state index is -3.17. The van der Waals surface area contributed by atoms with Gasteiger partial charge in [0.1, 0.15) is 5.69 Å². The second kappa shape index (κ2) is 6.24. The molecule has 0 aliphatic rings. The largest absolute Gasteiger partial charge is 0.373 e. The number of nitro groups is 1. The Morgan fingerprint density at radius 1 is 1.50 bits per heavy atom. The van der Waals surface area contributed by atoms with Gasteiger partial charge in [-0.15, -0.1) is 0 Å². The fourth-order valence-electron chi connectivity index (χ4n) is 1.41. The van der Waals surface area contributed by atoms with Crippen LogP contribution in [0.15, 0.2) is 18.2 Å². The lowest BCUT2D eigenvalue weighted by Crippen LogP contribution is -2.35. The van der Waals surface area contributed by atoms with Crippen molar-refractivity contribution in [3.05, 3.63) is 33.9 Å². The van der Waals surface area contributed by atoms with Gasteiger partial charge in [-0.25, -0.2) is 8.78 Å². The van der Waals surface area contributed by atoms with Gasteiger partial charge in [0.05, 0.1) is 18.0 Å². The summed E-state index contributed by atoms with van der Waals surface area (Å²) in [5, 5.41) is 15.5. The summed E-state index contributed by atoms with van der Waals surface area (Å²) in [6, 6.07) is 3.52. The van der Waals surface area contributed by atoms with E-state index in [2.05, 4.69) is 10.6 Å². The molecule has 0 saturated carbocycles. The zero-order valence-electron chi connectivity index (χ0n) is 10.7. The maximum absolute atomic E-state index is 13.0. The van der Waals surface area contributed by atoms with Crippen molar-refractivity contribution in [2.75, 3.05) is 25.5 Å². The smallest absolute Gasteiger partial charge is 0.293 e. The van der Waals surface area contributed by atoms with Gasteiger partial charge < -0.3 is 16.4 Å². The molecule has 0 heterocycles. The number of alkyl halides is 2. The van der Waals surface area contributed by atoms with Gasteiger partial charge in [0.2, 0.25) is 0 Å². The monoisotopic (exact) mass is 288 g/mol.